The molecule has 1 aliphatic rings. The van der Waals surface area contributed by atoms with Crippen LogP contribution in [0, 0.1) is 5.41 Å². The molecule has 2 atom stereocenters. The summed E-state index contributed by atoms with van der Waals surface area (Å²) in [7, 11) is 0. The molecule has 0 radical (unpaired) electrons. The molecular weight excluding hydrogens is 270 g/mol. The molecule has 0 saturated carbocycles. The van der Waals surface area contributed by atoms with E-state index < -0.39 is 0 Å². The topological polar surface area (TPSA) is 54.0 Å². The van der Waals surface area contributed by atoms with E-state index in [1.54, 1.807) is 11.3 Å². The van der Waals surface area contributed by atoms with Gasteiger partial charge in [-0.25, -0.2) is 4.98 Å². The van der Waals surface area contributed by atoms with E-state index in [9.17, 15) is 4.79 Å². The Bertz CT molecular complexity index is 407. The number of amides is 1. The summed E-state index contributed by atoms with van der Waals surface area (Å²) in [5, 5.41) is 9.62. The molecule has 0 bridgehead atoms. The predicted octanol–water partition coefficient (Wildman–Crippen LogP) is 2.53. The SMILES string of the molecule is CCCC1(C(=O)NCC(C)c2nccs2)CCCNC1. The molecule has 5 heteroatoms. The zero-order valence-electron chi connectivity index (χ0n) is 12.4. The minimum absolute atomic E-state index is 0.199. The van der Waals surface area contributed by atoms with Gasteiger partial charge in [-0.1, -0.05) is 20.3 Å². The van der Waals surface area contributed by atoms with Crippen molar-refractivity contribution in [3.05, 3.63) is 16.6 Å². The molecule has 0 aliphatic carbocycles. The molecule has 2 unspecified atom stereocenters. The van der Waals surface area contributed by atoms with Crippen LogP contribution >= 0.6 is 11.3 Å². The molecule has 2 heterocycles. The molecule has 4 nitrogen and oxygen atoms in total. The van der Waals surface area contributed by atoms with Gasteiger partial charge in [-0.2, -0.15) is 0 Å². The Morgan fingerprint density at radius 1 is 1.65 bits per heavy atom. The lowest BCUT2D eigenvalue weighted by molar-refractivity contribution is -0.132. The Morgan fingerprint density at radius 3 is 3.10 bits per heavy atom. The minimum Gasteiger partial charge on any atom is -0.355 e. The summed E-state index contributed by atoms with van der Waals surface area (Å²) in [5.74, 6) is 0.504. The van der Waals surface area contributed by atoms with Gasteiger partial charge < -0.3 is 10.6 Å². The van der Waals surface area contributed by atoms with Crippen LogP contribution in [0.5, 0.6) is 0 Å². The molecule has 0 spiro atoms. The monoisotopic (exact) mass is 295 g/mol. The summed E-state index contributed by atoms with van der Waals surface area (Å²) in [6, 6.07) is 0. The number of rotatable bonds is 6. The van der Waals surface area contributed by atoms with Crippen molar-refractivity contribution in [2.45, 2.75) is 45.4 Å². The summed E-state index contributed by atoms with van der Waals surface area (Å²) in [4.78, 5) is 16.9. The highest BCUT2D eigenvalue weighted by atomic mass is 32.1. The van der Waals surface area contributed by atoms with Crippen LogP contribution in [0.2, 0.25) is 0 Å². The quantitative estimate of drug-likeness (QED) is 0.848. The summed E-state index contributed by atoms with van der Waals surface area (Å²) >= 11 is 1.65. The van der Waals surface area contributed by atoms with Gasteiger partial charge in [0.2, 0.25) is 5.91 Å². The maximum atomic E-state index is 12.6. The average Bonchev–Trinajstić information content (AvgIpc) is 3.00. The molecule has 1 aliphatic heterocycles. The van der Waals surface area contributed by atoms with Gasteiger partial charge >= 0.3 is 0 Å². The highest BCUT2D eigenvalue weighted by Gasteiger charge is 2.38. The predicted molar refractivity (Wildman–Crippen MR) is 83.0 cm³/mol. The molecule has 20 heavy (non-hydrogen) atoms. The Hall–Kier alpha value is -0.940. The normalized spacial score (nSPS) is 24.3. The second-order valence-electron chi connectivity index (χ2n) is 5.79. The fourth-order valence-electron chi connectivity index (χ4n) is 2.97. The highest BCUT2D eigenvalue weighted by molar-refractivity contribution is 7.09. The van der Waals surface area contributed by atoms with Crippen LogP contribution in [0.3, 0.4) is 0 Å². The molecule has 1 aromatic heterocycles. The fourth-order valence-corrected chi connectivity index (χ4v) is 3.66. The Kier molecular flexibility index (Phi) is 5.54. The van der Waals surface area contributed by atoms with Crippen molar-refractivity contribution in [2.75, 3.05) is 19.6 Å². The van der Waals surface area contributed by atoms with Crippen LogP contribution in [0.4, 0.5) is 0 Å². The molecule has 1 amide bonds. The van der Waals surface area contributed by atoms with Gasteiger partial charge in [0.05, 0.1) is 10.4 Å². The van der Waals surface area contributed by atoms with E-state index in [-0.39, 0.29) is 17.2 Å². The summed E-state index contributed by atoms with van der Waals surface area (Å²) in [6.07, 6.45) is 5.94. The maximum Gasteiger partial charge on any atom is 0.227 e. The van der Waals surface area contributed by atoms with Crippen LogP contribution in [0.15, 0.2) is 11.6 Å². The third-order valence-corrected chi connectivity index (χ3v) is 5.13. The van der Waals surface area contributed by atoms with Gasteiger partial charge in [0, 0.05) is 30.6 Å². The second-order valence-corrected chi connectivity index (χ2v) is 6.72. The van der Waals surface area contributed by atoms with Gasteiger partial charge in [0.1, 0.15) is 0 Å². The zero-order chi connectivity index (χ0) is 14.4. The van der Waals surface area contributed by atoms with Crippen LogP contribution in [0.1, 0.15) is 50.5 Å². The van der Waals surface area contributed by atoms with E-state index in [4.69, 9.17) is 0 Å². The Labute approximate surface area is 125 Å². The van der Waals surface area contributed by atoms with Crippen LogP contribution in [-0.2, 0) is 4.79 Å². The van der Waals surface area contributed by atoms with Gasteiger partial charge in [-0.3, -0.25) is 4.79 Å². The summed E-state index contributed by atoms with van der Waals surface area (Å²) < 4.78 is 0. The first-order chi connectivity index (χ1) is 9.68. The van der Waals surface area contributed by atoms with E-state index in [1.165, 1.54) is 0 Å². The Morgan fingerprint density at radius 2 is 2.50 bits per heavy atom. The van der Waals surface area contributed by atoms with E-state index in [0.717, 1.165) is 43.8 Å². The molecule has 0 aromatic carbocycles. The molecule has 1 fully saturated rings. The smallest absolute Gasteiger partial charge is 0.227 e. The molecule has 112 valence electrons. The molecule has 1 saturated heterocycles. The van der Waals surface area contributed by atoms with Crippen molar-refractivity contribution in [2.24, 2.45) is 5.41 Å². The van der Waals surface area contributed by atoms with Crippen LogP contribution < -0.4 is 10.6 Å². The highest BCUT2D eigenvalue weighted by Crippen LogP contribution is 2.32. The lowest BCUT2D eigenvalue weighted by atomic mass is 9.76. The number of hydrogen-bond donors (Lipinski definition) is 2. The van der Waals surface area contributed by atoms with Crippen molar-refractivity contribution in [1.82, 2.24) is 15.6 Å². The van der Waals surface area contributed by atoms with E-state index >= 15 is 0 Å². The standard InChI is InChI=1S/C15H25N3OS/c1-3-5-15(6-4-7-16-11-15)14(19)18-10-12(2)13-17-8-9-20-13/h8-9,12,16H,3-7,10-11H2,1-2H3,(H,18,19). The molecule has 1 aromatic rings. The van der Waals surface area contributed by atoms with Gasteiger partial charge in [-0.15, -0.1) is 11.3 Å². The summed E-state index contributed by atoms with van der Waals surface area (Å²) in [6.45, 7) is 6.80. The second kappa shape index (κ2) is 7.18. The molecule has 2 rings (SSSR count). The van der Waals surface area contributed by atoms with Gasteiger partial charge in [-0.05, 0) is 25.8 Å². The largest absolute Gasteiger partial charge is 0.355 e. The number of carbonyl (C=O) groups is 1. The third kappa shape index (κ3) is 3.58. The van der Waals surface area contributed by atoms with Crippen LogP contribution in [-0.4, -0.2) is 30.5 Å². The first-order valence-electron chi connectivity index (χ1n) is 7.56. The zero-order valence-corrected chi connectivity index (χ0v) is 13.3. The first kappa shape index (κ1) is 15.4. The van der Waals surface area contributed by atoms with E-state index in [1.807, 2.05) is 11.6 Å². The number of hydrogen-bond acceptors (Lipinski definition) is 4. The average molecular weight is 295 g/mol. The van der Waals surface area contributed by atoms with E-state index in [0.29, 0.717) is 6.54 Å². The number of piperidine rings is 1. The fraction of sp³-hybridized carbons (Fsp3) is 0.733. The molecular formula is C15H25N3OS. The van der Waals surface area contributed by atoms with Gasteiger partial charge in [0.25, 0.3) is 0 Å². The van der Waals surface area contributed by atoms with Gasteiger partial charge in [0.15, 0.2) is 0 Å². The lowest BCUT2D eigenvalue weighted by Gasteiger charge is -2.36. The number of nitrogens with one attached hydrogen (secondary N) is 2. The molecule has 2 N–H and O–H groups in total. The van der Waals surface area contributed by atoms with Crippen molar-refractivity contribution >= 4 is 17.2 Å². The maximum absolute atomic E-state index is 12.6. The van der Waals surface area contributed by atoms with Crippen molar-refractivity contribution in [3.8, 4) is 0 Å². The van der Waals surface area contributed by atoms with Crippen LogP contribution in [0.25, 0.3) is 0 Å². The Balaban J connectivity index is 1.91. The summed E-state index contributed by atoms with van der Waals surface area (Å²) in [5.41, 5.74) is -0.199. The number of carbonyl (C=O) groups excluding carboxylic acids is 1. The third-order valence-electron chi connectivity index (χ3n) is 4.12. The number of nitrogens with zero attached hydrogens (tertiary/aromatic N) is 1. The van der Waals surface area contributed by atoms with Crippen molar-refractivity contribution in [1.29, 1.82) is 0 Å². The number of thiazole rings is 1. The first-order valence-corrected chi connectivity index (χ1v) is 8.44. The number of aromatic nitrogens is 1. The van der Waals surface area contributed by atoms with Crippen molar-refractivity contribution in [3.63, 3.8) is 0 Å². The van der Waals surface area contributed by atoms with E-state index in [2.05, 4.69) is 29.5 Å². The lowest BCUT2D eigenvalue weighted by Crippen LogP contribution is -2.51. The van der Waals surface area contributed by atoms with Crippen molar-refractivity contribution < 1.29 is 4.79 Å². The minimum atomic E-state index is -0.199.